The number of hydrogen-bond acceptors (Lipinski definition) is 7. The quantitative estimate of drug-likeness (QED) is 0.694. The second kappa shape index (κ2) is 7.26. The summed E-state index contributed by atoms with van der Waals surface area (Å²) in [6.07, 6.45) is 3.20. The highest BCUT2D eigenvalue weighted by atomic mass is 16.5. The number of furan rings is 1. The molecule has 0 bridgehead atoms. The summed E-state index contributed by atoms with van der Waals surface area (Å²) in [5.74, 6) is 2.71. The summed E-state index contributed by atoms with van der Waals surface area (Å²) in [4.78, 5) is 4.36. The third-order valence-corrected chi connectivity index (χ3v) is 3.21. The van der Waals surface area contributed by atoms with E-state index in [1.807, 2.05) is 36.4 Å². The van der Waals surface area contributed by atoms with Gasteiger partial charge in [-0.2, -0.15) is 10.1 Å². The number of hydrogen-bond donors (Lipinski definition) is 2. The number of methoxy groups -OCH3 is 1. The molecule has 3 aromatic rings. The van der Waals surface area contributed by atoms with E-state index in [1.165, 1.54) is 0 Å². The van der Waals surface area contributed by atoms with Crippen LogP contribution in [-0.4, -0.2) is 22.3 Å². The van der Waals surface area contributed by atoms with Crippen molar-refractivity contribution in [2.75, 3.05) is 17.7 Å². The summed E-state index contributed by atoms with van der Waals surface area (Å²) in [5, 5.41) is 14.2. The van der Waals surface area contributed by atoms with Gasteiger partial charge < -0.3 is 19.8 Å². The molecule has 0 aliphatic rings. The molecule has 23 heavy (non-hydrogen) atoms. The van der Waals surface area contributed by atoms with Crippen molar-refractivity contribution in [3.05, 3.63) is 60.2 Å². The van der Waals surface area contributed by atoms with Gasteiger partial charge in [0.2, 0.25) is 5.95 Å². The molecule has 3 rings (SSSR count). The van der Waals surface area contributed by atoms with E-state index in [4.69, 9.17) is 9.15 Å². The largest absolute Gasteiger partial charge is 0.496 e. The minimum Gasteiger partial charge on any atom is -0.496 e. The Balaban J connectivity index is 1.61. The van der Waals surface area contributed by atoms with Crippen molar-refractivity contribution in [2.24, 2.45) is 0 Å². The maximum absolute atomic E-state index is 5.32. The van der Waals surface area contributed by atoms with Crippen LogP contribution in [0.5, 0.6) is 5.75 Å². The van der Waals surface area contributed by atoms with Crippen molar-refractivity contribution in [2.45, 2.75) is 13.1 Å². The Kier molecular flexibility index (Phi) is 4.68. The van der Waals surface area contributed by atoms with E-state index in [9.17, 15) is 0 Å². The standard InChI is InChI=1S/C16H17N5O2/c1-22-14-7-3-2-5-12(14)9-18-16-20-15(11-19-21-16)17-10-13-6-4-8-23-13/h2-8,11H,9-10H2,1H3,(H2,17,18,20,21). The molecule has 118 valence electrons. The molecule has 1 aromatic carbocycles. The average Bonchev–Trinajstić information content (AvgIpc) is 3.12. The Morgan fingerprint density at radius 2 is 2.00 bits per heavy atom. The number of anilines is 2. The molecule has 7 heteroatoms. The highest BCUT2D eigenvalue weighted by Crippen LogP contribution is 2.18. The van der Waals surface area contributed by atoms with Crippen molar-refractivity contribution in [1.29, 1.82) is 0 Å². The van der Waals surface area contributed by atoms with Crippen molar-refractivity contribution < 1.29 is 9.15 Å². The van der Waals surface area contributed by atoms with Gasteiger partial charge in [0.1, 0.15) is 11.5 Å². The van der Waals surface area contributed by atoms with Crippen molar-refractivity contribution in [3.63, 3.8) is 0 Å². The molecule has 0 unspecified atom stereocenters. The SMILES string of the molecule is COc1ccccc1CNc1nncc(NCc2ccco2)n1. The zero-order valence-electron chi connectivity index (χ0n) is 12.7. The summed E-state index contributed by atoms with van der Waals surface area (Å²) in [5.41, 5.74) is 1.02. The number of para-hydroxylation sites is 1. The Bertz CT molecular complexity index is 746. The lowest BCUT2D eigenvalue weighted by Gasteiger charge is -2.09. The number of nitrogens with one attached hydrogen (secondary N) is 2. The van der Waals surface area contributed by atoms with Crippen LogP contribution in [0.1, 0.15) is 11.3 Å². The third-order valence-electron chi connectivity index (χ3n) is 3.21. The first-order valence-electron chi connectivity index (χ1n) is 7.17. The fourth-order valence-electron chi connectivity index (χ4n) is 2.08. The molecule has 2 N–H and O–H groups in total. The molecule has 0 saturated heterocycles. The summed E-state index contributed by atoms with van der Waals surface area (Å²) in [6, 6.07) is 11.5. The molecule has 0 saturated carbocycles. The van der Waals surface area contributed by atoms with Crippen molar-refractivity contribution in [3.8, 4) is 5.75 Å². The number of nitrogens with zero attached hydrogens (tertiary/aromatic N) is 3. The number of aromatic nitrogens is 3. The average molecular weight is 311 g/mol. The topological polar surface area (TPSA) is 85.1 Å². The molecule has 0 aliphatic carbocycles. The van der Waals surface area contributed by atoms with Crippen LogP contribution in [0.3, 0.4) is 0 Å². The molecule has 0 fully saturated rings. The van der Waals surface area contributed by atoms with E-state index in [2.05, 4.69) is 25.8 Å². The van der Waals surface area contributed by atoms with Crippen molar-refractivity contribution >= 4 is 11.8 Å². The van der Waals surface area contributed by atoms with Gasteiger partial charge in [-0.05, 0) is 18.2 Å². The molecule has 0 spiro atoms. The normalized spacial score (nSPS) is 10.3. The number of rotatable bonds is 7. The predicted octanol–water partition coefficient (Wildman–Crippen LogP) is 2.70. The number of ether oxygens (including phenoxy) is 1. The van der Waals surface area contributed by atoms with Crippen LogP contribution in [0.4, 0.5) is 11.8 Å². The van der Waals surface area contributed by atoms with Gasteiger partial charge in [0.05, 0.1) is 26.1 Å². The van der Waals surface area contributed by atoms with Crippen LogP contribution >= 0.6 is 0 Å². The summed E-state index contributed by atoms with van der Waals surface area (Å²) in [7, 11) is 1.65. The predicted molar refractivity (Wildman–Crippen MR) is 86.2 cm³/mol. The molecule has 0 amide bonds. The minimum atomic E-state index is 0.445. The maximum atomic E-state index is 5.32. The van der Waals surface area contributed by atoms with Crippen LogP contribution in [0.15, 0.2) is 53.3 Å². The van der Waals surface area contributed by atoms with Gasteiger partial charge >= 0.3 is 0 Å². The first-order chi connectivity index (χ1) is 11.3. The van der Waals surface area contributed by atoms with Crippen LogP contribution < -0.4 is 15.4 Å². The lowest BCUT2D eigenvalue weighted by molar-refractivity contribution is 0.410. The first-order valence-corrected chi connectivity index (χ1v) is 7.17. The van der Waals surface area contributed by atoms with Gasteiger partial charge in [0.15, 0.2) is 5.82 Å². The molecule has 0 atom stereocenters. The first kappa shape index (κ1) is 14.8. The summed E-state index contributed by atoms with van der Waals surface area (Å²) in [6.45, 7) is 1.09. The molecule has 2 heterocycles. The van der Waals surface area contributed by atoms with Gasteiger partial charge in [0, 0.05) is 12.1 Å². The Morgan fingerprint density at radius 3 is 2.83 bits per heavy atom. The fraction of sp³-hybridized carbons (Fsp3) is 0.188. The van der Waals surface area contributed by atoms with Crippen LogP contribution in [0.2, 0.25) is 0 Å². The fourth-order valence-corrected chi connectivity index (χ4v) is 2.08. The molecular weight excluding hydrogens is 294 g/mol. The lowest BCUT2D eigenvalue weighted by atomic mass is 10.2. The Labute approximate surface area is 133 Å². The van der Waals surface area contributed by atoms with E-state index in [0.717, 1.165) is 17.1 Å². The third kappa shape index (κ3) is 3.97. The molecular formula is C16H17N5O2. The maximum Gasteiger partial charge on any atom is 0.244 e. The van der Waals surface area contributed by atoms with E-state index in [0.29, 0.717) is 24.9 Å². The van der Waals surface area contributed by atoms with Crippen molar-refractivity contribution in [1.82, 2.24) is 15.2 Å². The zero-order valence-corrected chi connectivity index (χ0v) is 12.7. The van der Waals surface area contributed by atoms with Gasteiger partial charge in [0.25, 0.3) is 0 Å². The highest BCUT2D eigenvalue weighted by molar-refractivity contribution is 5.40. The summed E-state index contributed by atoms with van der Waals surface area (Å²) < 4.78 is 10.6. The van der Waals surface area contributed by atoms with E-state index in [-0.39, 0.29) is 0 Å². The van der Waals surface area contributed by atoms with Crippen LogP contribution in [-0.2, 0) is 13.1 Å². The molecule has 7 nitrogen and oxygen atoms in total. The lowest BCUT2D eigenvalue weighted by Crippen LogP contribution is -2.08. The Hall–Kier alpha value is -3.09. The van der Waals surface area contributed by atoms with E-state index >= 15 is 0 Å². The van der Waals surface area contributed by atoms with Gasteiger partial charge in [-0.15, -0.1) is 5.10 Å². The molecule has 0 aliphatic heterocycles. The zero-order chi connectivity index (χ0) is 15.9. The van der Waals surface area contributed by atoms with Gasteiger partial charge in [-0.1, -0.05) is 18.2 Å². The second-order valence-corrected chi connectivity index (χ2v) is 4.76. The smallest absolute Gasteiger partial charge is 0.244 e. The highest BCUT2D eigenvalue weighted by Gasteiger charge is 2.04. The summed E-state index contributed by atoms with van der Waals surface area (Å²) >= 11 is 0. The minimum absolute atomic E-state index is 0.445. The van der Waals surface area contributed by atoms with E-state index in [1.54, 1.807) is 19.6 Å². The molecule has 2 aromatic heterocycles. The van der Waals surface area contributed by atoms with Gasteiger partial charge in [-0.25, -0.2) is 0 Å². The monoisotopic (exact) mass is 311 g/mol. The van der Waals surface area contributed by atoms with Gasteiger partial charge in [-0.3, -0.25) is 0 Å². The molecule has 0 radical (unpaired) electrons. The second-order valence-electron chi connectivity index (χ2n) is 4.76. The van der Waals surface area contributed by atoms with Crippen LogP contribution in [0, 0.1) is 0 Å². The van der Waals surface area contributed by atoms with E-state index < -0.39 is 0 Å². The van der Waals surface area contributed by atoms with Crippen LogP contribution in [0.25, 0.3) is 0 Å². The number of benzene rings is 1. The Morgan fingerprint density at radius 1 is 1.09 bits per heavy atom.